The van der Waals surface area contributed by atoms with Crippen molar-refractivity contribution in [1.82, 2.24) is 4.90 Å². The van der Waals surface area contributed by atoms with Gasteiger partial charge in [-0.25, -0.2) is 4.39 Å². The Morgan fingerprint density at radius 1 is 1.47 bits per heavy atom. The van der Waals surface area contributed by atoms with Crippen LogP contribution < -0.4 is 10.5 Å². The molecule has 0 spiro atoms. The number of benzene rings is 1. The van der Waals surface area contributed by atoms with Crippen LogP contribution in [0.4, 0.5) is 4.39 Å². The van der Waals surface area contributed by atoms with Crippen molar-refractivity contribution >= 4 is 5.91 Å². The number of ether oxygens (including phenoxy) is 1. The molecule has 0 aromatic heterocycles. The average Bonchev–Trinajstić information content (AvgIpc) is 2.40. The maximum Gasteiger partial charge on any atom is 0.225 e. The van der Waals surface area contributed by atoms with Crippen molar-refractivity contribution in [2.45, 2.75) is 19.8 Å². The fraction of sp³-hybridized carbons (Fsp3) is 0.500. The van der Waals surface area contributed by atoms with Crippen LogP contribution in [0.1, 0.15) is 18.4 Å². The standard InChI is InChI=1S/C14H21FN2O2/c1-11-5-3-6-12(14(11)15)19-10-7-13(18)17(2)9-4-8-16/h3,5-6H,4,7-10,16H2,1-2H3. The Kier molecular flexibility index (Phi) is 6.29. The van der Waals surface area contributed by atoms with Gasteiger partial charge < -0.3 is 15.4 Å². The quantitative estimate of drug-likeness (QED) is 0.819. The van der Waals surface area contributed by atoms with Gasteiger partial charge in [0, 0.05) is 13.6 Å². The summed E-state index contributed by atoms with van der Waals surface area (Å²) in [7, 11) is 1.73. The topological polar surface area (TPSA) is 55.6 Å². The number of nitrogens with zero attached hydrogens (tertiary/aromatic N) is 1. The van der Waals surface area contributed by atoms with Crippen LogP contribution >= 0.6 is 0 Å². The Hall–Kier alpha value is -1.62. The van der Waals surface area contributed by atoms with Crippen LogP contribution in [-0.4, -0.2) is 37.6 Å². The average molecular weight is 268 g/mol. The lowest BCUT2D eigenvalue weighted by Gasteiger charge is -2.16. The predicted molar refractivity (Wildman–Crippen MR) is 72.6 cm³/mol. The van der Waals surface area contributed by atoms with Crippen molar-refractivity contribution in [3.05, 3.63) is 29.6 Å². The maximum absolute atomic E-state index is 13.6. The van der Waals surface area contributed by atoms with Crippen LogP contribution in [0.2, 0.25) is 0 Å². The highest BCUT2D eigenvalue weighted by Crippen LogP contribution is 2.19. The number of aryl methyl sites for hydroxylation is 1. The molecular weight excluding hydrogens is 247 g/mol. The number of halogens is 1. The number of carbonyl (C=O) groups is 1. The zero-order valence-corrected chi connectivity index (χ0v) is 11.5. The lowest BCUT2D eigenvalue weighted by Crippen LogP contribution is -2.30. The van der Waals surface area contributed by atoms with E-state index >= 15 is 0 Å². The smallest absolute Gasteiger partial charge is 0.225 e. The Morgan fingerprint density at radius 2 is 2.21 bits per heavy atom. The number of amides is 1. The molecule has 0 atom stereocenters. The number of carbonyl (C=O) groups excluding carboxylic acids is 1. The number of nitrogens with two attached hydrogens (primary N) is 1. The lowest BCUT2D eigenvalue weighted by atomic mass is 10.2. The first-order valence-electron chi connectivity index (χ1n) is 6.38. The lowest BCUT2D eigenvalue weighted by molar-refractivity contribution is -0.130. The van der Waals surface area contributed by atoms with Gasteiger partial charge in [-0.05, 0) is 31.5 Å². The fourth-order valence-electron chi connectivity index (χ4n) is 1.62. The second kappa shape index (κ2) is 7.74. The minimum absolute atomic E-state index is 0.0264. The number of hydrogen-bond acceptors (Lipinski definition) is 3. The third-order valence-corrected chi connectivity index (χ3v) is 2.85. The van der Waals surface area contributed by atoms with Crippen molar-refractivity contribution in [2.75, 3.05) is 26.7 Å². The first-order valence-corrected chi connectivity index (χ1v) is 6.38. The molecule has 4 nitrogen and oxygen atoms in total. The summed E-state index contributed by atoms with van der Waals surface area (Å²) in [6.07, 6.45) is 1.00. The van der Waals surface area contributed by atoms with E-state index in [1.54, 1.807) is 37.1 Å². The number of hydrogen-bond donors (Lipinski definition) is 1. The van der Waals surface area contributed by atoms with E-state index < -0.39 is 0 Å². The molecule has 0 heterocycles. The molecule has 0 bridgehead atoms. The van der Waals surface area contributed by atoms with Crippen LogP contribution in [0.15, 0.2) is 18.2 Å². The highest BCUT2D eigenvalue weighted by atomic mass is 19.1. The van der Waals surface area contributed by atoms with Crippen molar-refractivity contribution in [1.29, 1.82) is 0 Å². The predicted octanol–water partition coefficient (Wildman–Crippen LogP) is 1.71. The fourth-order valence-corrected chi connectivity index (χ4v) is 1.62. The number of rotatable bonds is 7. The van der Waals surface area contributed by atoms with E-state index in [-0.39, 0.29) is 30.5 Å². The van der Waals surface area contributed by atoms with Crippen molar-refractivity contribution in [3.63, 3.8) is 0 Å². The Morgan fingerprint density at radius 3 is 2.89 bits per heavy atom. The molecule has 2 N–H and O–H groups in total. The van der Waals surface area contributed by atoms with Crippen molar-refractivity contribution in [3.8, 4) is 5.75 Å². The second-order valence-electron chi connectivity index (χ2n) is 4.44. The van der Waals surface area contributed by atoms with E-state index in [1.807, 2.05) is 0 Å². The molecule has 0 radical (unpaired) electrons. The first-order chi connectivity index (χ1) is 9.06. The summed E-state index contributed by atoms with van der Waals surface area (Å²) in [5, 5.41) is 0. The van der Waals surface area contributed by atoms with Gasteiger partial charge in [0.2, 0.25) is 5.91 Å². The van der Waals surface area contributed by atoms with Crippen LogP contribution in [0.25, 0.3) is 0 Å². The summed E-state index contributed by atoms with van der Waals surface area (Å²) in [5.41, 5.74) is 5.91. The van der Waals surface area contributed by atoms with Gasteiger partial charge in [0.25, 0.3) is 0 Å². The molecule has 0 saturated carbocycles. The highest BCUT2D eigenvalue weighted by molar-refractivity contribution is 5.75. The third kappa shape index (κ3) is 4.87. The van der Waals surface area contributed by atoms with Crippen LogP contribution in [-0.2, 0) is 4.79 Å². The summed E-state index contributed by atoms with van der Waals surface area (Å²) < 4.78 is 18.9. The summed E-state index contributed by atoms with van der Waals surface area (Å²) in [6.45, 7) is 3.04. The summed E-state index contributed by atoms with van der Waals surface area (Å²) in [4.78, 5) is 13.3. The summed E-state index contributed by atoms with van der Waals surface area (Å²) >= 11 is 0. The van der Waals surface area contributed by atoms with Crippen LogP contribution in [0.5, 0.6) is 5.75 Å². The van der Waals surface area contributed by atoms with E-state index in [4.69, 9.17) is 10.5 Å². The molecule has 5 heteroatoms. The Balaban J connectivity index is 2.37. The minimum atomic E-state index is -0.369. The normalized spacial score (nSPS) is 10.3. The van der Waals surface area contributed by atoms with E-state index in [9.17, 15) is 9.18 Å². The highest BCUT2D eigenvalue weighted by Gasteiger charge is 2.10. The van der Waals surface area contributed by atoms with Crippen molar-refractivity contribution in [2.24, 2.45) is 5.73 Å². The van der Waals surface area contributed by atoms with E-state index in [1.165, 1.54) is 0 Å². The zero-order chi connectivity index (χ0) is 14.3. The molecule has 106 valence electrons. The molecule has 1 rings (SSSR count). The van der Waals surface area contributed by atoms with Crippen LogP contribution in [0.3, 0.4) is 0 Å². The Labute approximate surface area is 113 Å². The molecular formula is C14H21FN2O2. The molecule has 1 aromatic rings. The summed E-state index contributed by atoms with van der Waals surface area (Å²) in [6, 6.07) is 4.96. The molecule has 1 amide bonds. The van der Waals surface area contributed by atoms with E-state index in [0.717, 1.165) is 6.42 Å². The molecule has 0 saturated heterocycles. The first kappa shape index (κ1) is 15.4. The van der Waals surface area contributed by atoms with E-state index in [2.05, 4.69) is 0 Å². The molecule has 0 unspecified atom stereocenters. The van der Waals surface area contributed by atoms with Gasteiger partial charge >= 0.3 is 0 Å². The Bertz CT molecular complexity index is 424. The van der Waals surface area contributed by atoms with E-state index in [0.29, 0.717) is 18.7 Å². The maximum atomic E-state index is 13.6. The SMILES string of the molecule is Cc1cccc(OCCC(=O)N(C)CCCN)c1F. The molecule has 0 fully saturated rings. The van der Waals surface area contributed by atoms with Gasteiger partial charge in [-0.2, -0.15) is 0 Å². The second-order valence-corrected chi connectivity index (χ2v) is 4.44. The monoisotopic (exact) mass is 268 g/mol. The molecule has 0 aliphatic heterocycles. The zero-order valence-electron chi connectivity index (χ0n) is 11.5. The van der Waals surface area contributed by atoms with Gasteiger partial charge in [0.05, 0.1) is 13.0 Å². The van der Waals surface area contributed by atoms with Crippen molar-refractivity contribution < 1.29 is 13.9 Å². The van der Waals surface area contributed by atoms with Gasteiger partial charge in [-0.3, -0.25) is 4.79 Å². The van der Waals surface area contributed by atoms with Gasteiger partial charge in [0.1, 0.15) is 0 Å². The summed E-state index contributed by atoms with van der Waals surface area (Å²) in [5.74, 6) is -0.203. The van der Waals surface area contributed by atoms with Gasteiger partial charge in [-0.1, -0.05) is 12.1 Å². The molecule has 19 heavy (non-hydrogen) atoms. The largest absolute Gasteiger partial charge is 0.490 e. The molecule has 0 aliphatic rings. The van der Waals surface area contributed by atoms with Gasteiger partial charge in [0.15, 0.2) is 11.6 Å². The van der Waals surface area contributed by atoms with Crippen LogP contribution in [0, 0.1) is 12.7 Å². The minimum Gasteiger partial charge on any atom is -0.490 e. The van der Waals surface area contributed by atoms with Gasteiger partial charge in [-0.15, -0.1) is 0 Å². The molecule has 1 aromatic carbocycles. The molecule has 0 aliphatic carbocycles. The third-order valence-electron chi connectivity index (χ3n) is 2.85.